The van der Waals surface area contributed by atoms with Crippen LogP contribution in [0, 0.1) is 0 Å². The Morgan fingerprint density at radius 2 is 1.83 bits per heavy atom. The van der Waals surface area contributed by atoms with E-state index >= 15 is 0 Å². The maximum absolute atomic E-state index is 12.6. The number of carbonyl (C=O) groups is 1. The summed E-state index contributed by atoms with van der Waals surface area (Å²) >= 11 is 0. The number of hydrogen-bond donors (Lipinski definition) is 1. The molecule has 0 saturated carbocycles. The number of rotatable bonds is 4. The van der Waals surface area contributed by atoms with Gasteiger partial charge in [-0.25, -0.2) is 0 Å². The van der Waals surface area contributed by atoms with E-state index in [1.165, 1.54) is 0 Å². The molecule has 23 heavy (non-hydrogen) atoms. The van der Waals surface area contributed by atoms with Crippen molar-refractivity contribution < 1.29 is 14.3 Å². The highest BCUT2D eigenvalue weighted by atomic mass is 16.6. The van der Waals surface area contributed by atoms with Crippen molar-refractivity contribution in [3.63, 3.8) is 0 Å². The van der Waals surface area contributed by atoms with E-state index in [1.807, 2.05) is 55.5 Å². The third-order valence-electron chi connectivity index (χ3n) is 3.78. The molecule has 0 fully saturated rings. The minimum absolute atomic E-state index is 0.0227. The fourth-order valence-corrected chi connectivity index (χ4v) is 2.55. The predicted octanol–water partition coefficient (Wildman–Crippen LogP) is 2.92. The van der Waals surface area contributed by atoms with E-state index in [0.29, 0.717) is 24.7 Å². The number of hydrogen-bond acceptors (Lipinski definition) is 4. The number of nitrogens with one attached hydrogen (secondary N) is 1. The van der Waals surface area contributed by atoms with Crippen molar-refractivity contribution in [3.05, 3.63) is 48.5 Å². The van der Waals surface area contributed by atoms with Gasteiger partial charge in [0.05, 0.1) is 5.69 Å². The van der Waals surface area contributed by atoms with Gasteiger partial charge in [-0.1, -0.05) is 24.3 Å². The van der Waals surface area contributed by atoms with Crippen LogP contribution in [0.3, 0.4) is 0 Å². The van der Waals surface area contributed by atoms with Crippen LogP contribution >= 0.6 is 0 Å². The lowest BCUT2D eigenvalue weighted by atomic mass is 10.2. The largest absolute Gasteiger partial charge is 0.486 e. The Labute approximate surface area is 135 Å². The summed E-state index contributed by atoms with van der Waals surface area (Å²) in [6, 6.07) is 14.8. The fraction of sp³-hybridized carbons (Fsp3) is 0.278. The average molecular weight is 312 g/mol. The Morgan fingerprint density at radius 1 is 1.09 bits per heavy atom. The van der Waals surface area contributed by atoms with Gasteiger partial charge in [0.2, 0.25) is 5.91 Å². The zero-order chi connectivity index (χ0) is 16.2. The molecule has 1 amide bonds. The summed E-state index contributed by atoms with van der Waals surface area (Å²) in [6.07, 6.45) is 0. The number of amides is 1. The maximum Gasteiger partial charge on any atom is 0.248 e. The Hall–Kier alpha value is -2.69. The molecule has 1 unspecified atom stereocenters. The molecule has 1 atom stereocenters. The molecule has 1 heterocycles. The normalized spacial score (nSPS) is 14.0. The van der Waals surface area contributed by atoms with Gasteiger partial charge in [0.15, 0.2) is 11.5 Å². The third kappa shape index (κ3) is 3.23. The first-order valence-corrected chi connectivity index (χ1v) is 7.64. The Balaban J connectivity index is 1.74. The van der Waals surface area contributed by atoms with Crippen molar-refractivity contribution in [2.45, 2.75) is 13.0 Å². The molecule has 5 heteroatoms. The number of carbonyl (C=O) groups excluding carboxylic acids is 1. The summed E-state index contributed by atoms with van der Waals surface area (Å²) < 4.78 is 11.2. The second-order valence-electron chi connectivity index (χ2n) is 5.43. The minimum atomic E-state index is -0.391. The SMILES string of the molecule is CC(Nc1cccc2c1OCCO2)C(=O)N(C)c1ccccc1. The first-order chi connectivity index (χ1) is 11.2. The molecule has 1 N–H and O–H groups in total. The molecule has 0 bridgehead atoms. The van der Waals surface area contributed by atoms with Crippen LogP contribution in [-0.4, -0.2) is 32.2 Å². The third-order valence-corrected chi connectivity index (χ3v) is 3.78. The quantitative estimate of drug-likeness (QED) is 0.943. The Bertz CT molecular complexity index is 688. The standard InChI is InChI=1S/C18H20N2O3/c1-13(18(21)20(2)14-7-4-3-5-8-14)19-15-9-6-10-16-17(15)23-12-11-22-16/h3-10,13,19H,11-12H2,1-2H3. The first kappa shape index (κ1) is 15.2. The van der Waals surface area contributed by atoms with Crippen LogP contribution in [0.15, 0.2) is 48.5 Å². The van der Waals surface area contributed by atoms with Gasteiger partial charge in [-0.2, -0.15) is 0 Å². The van der Waals surface area contributed by atoms with Crippen molar-refractivity contribution >= 4 is 17.3 Å². The lowest BCUT2D eigenvalue weighted by molar-refractivity contribution is -0.118. The van der Waals surface area contributed by atoms with Crippen molar-refractivity contribution in [1.82, 2.24) is 0 Å². The molecule has 2 aromatic carbocycles. The molecule has 120 valence electrons. The molecule has 3 rings (SSSR count). The Kier molecular flexibility index (Phi) is 4.37. The first-order valence-electron chi connectivity index (χ1n) is 7.64. The van der Waals surface area contributed by atoms with Gasteiger partial charge >= 0.3 is 0 Å². The molecule has 0 radical (unpaired) electrons. The summed E-state index contributed by atoms with van der Waals surface area (Å²) in [6.45, 7) is 2.89. The van der Waals surface area contributed by atoms with Crippen LogP contribution in [0.4, 0.5) is 11.4 Å². The van der Waals surface area contributed by atoms with E-state index < -0.39 is 6.04 Å². The number of fused-ring (bicyclic) bond motifs is 1. The summed E-state index contributed by atoms with van der Waals surface area (Å²) in [5, 5.41) is 3.22. The number of anilines is 2. The molecular formula is C18H20N2O3. The van der Waals surface area contributed by atoms with Crippen LogP contribution in [0.1, 0.15) is 6.92 Å². The predicted molar refractivity (Wildman–Crippen MR) is 90.4 cm³/mol. The molecule has 1 aliphatic heterocycles. The van der Waals surface area contributed by atoms with Gasteiger partial charge in [-0.05, 0) is 31.2 Å². The highest BCUT2D eigenvalue weighted by Crippen LogP contribution is 2.37. The van der Waals surface area contributed by atoms with E-state index in [0.717, 1.165) is 11.4 Å². The van der Waals surface area contributed by atoms with Crippen LogP contribution in [0.2, 0.25) is 0 Å². The van der Waals surface area contributed by atoms with Crippen LogP contribution in [-0.2, 0) is 4.79 Å². The van der Waals surface area contributed by atoms with Crippen molar-refractivity contribution in [1.29, 1.82) is 0 Å². The molecule has 0 spiro atoms. The topological polar surface area (TPSA) is 50.8 Å². The maximum atomic E-state index is 12.6. The van der Waals surface area contributed by atoms with Gasteiger partial charge in [-0.15, -0.1) is 0 Å². The molecule has 0 saturated heterocycles. The van der Waals surface area contributed by atoms with Gasteiger partial charge in [0.1, 0.15) is 19.3 Å². The minimum Gasteiger partial charge on any atom is -0.486 e. The van der Waals surface area contributed by atoms with E-state index in [1.54, 1.807) is 11.9 Å². The number of ether oxygens (including phenoxy) is 2. The zero-order valence-electron chi connectivity index (χ0n) is 13.3. The van der Waals surface area contributed by atoms with E-state index in [2.05, 4.69) is 5.32 Å². The second-order valence-corrected chi connectivity index (χ2v) is 5.43. The number of nitrogens with zero attached hydrogens (tertiary/aromatic N) is 1. The number of likely N-dealkylation sites (N-methyl/N-ethyl adjacent to an activating group) is 1. The summed E-state index contributed by atoms with van der Waals surface area (Å²) in [4.78, 5) is 14.3. The lowest BCUT2D eigenvalue weighted by Gasteiger charge is -2.25. The molecular weight excluding hydrogens is 292 g/mol. The molecule has 5 nitrogen and oxygen atoms in total. The van der Waals surface area contributed by atoms with Crippen molar-refractivity contribution in [2.75, 3.05) is 30.5 Å². The Morgan fingerprint density at radius 3 is 2.61 bits per heavy atom. The monoisotopic (exact) mass is 312 g/mol. The van der Waals surface area contributed by atoms with E-state index in [4.69, 9.17) is 9.47 Å². The van der Waals surface area contributed by atoms with Gasteiger partial charge in [-0.3, -0.25) is 4.79 Å². The fourth-order valence-electron chi connectivity index (χ4n) is 2.55. The van der Waals surface area contributed by atoms with E-state index in [-0.39, 0.29) is 5.91 Å². The molecule has 0 aromatic heterocycles. The van der Waals surface area contributed by atoms with Crippen molar-refractivity contribution in [3.8, 4) is 11.5 Å². The van der Waals surface area contributed by atoms with Gasteiger partial charge < -0.3 is 19.7 Å². The molecule has 1 aliphatic rings. The molecule has 2 aromatic rings. The van der Waals surface area contributed by atoms with Gasteiger partial charge in [0.25, 0.3) is 0 Å². The average Bonchev–Trinajstić information content (AvgIpc) is 2.61. The summed E-state index contributed by atoms with van der Waals surface area (Å²) in [7, 11) is 1.77. The van der Waals surface area contributed by atoms with Crippen LogP contribution in [0.25, 0.3) is 0 Å². The highest BCUT2D eigenvalue weighted by Gasteiger charge is 2.22. The lowest BCUT2D eigenvalue weighted by Crippen LogP contribution is -2.39. The van der Waals surface area contributed by atoms with Crippen LogP contribution < -0.4 is 19.7 Å². The summed E-state index contributed by atoms with van der Waals surface area (Å²) in [5.41, 5.74) is 1.63. The second kappa shape index (κ2) is 6.60. The highest BCUT2D eigenvalue weighted by molar-refractivity contribution is 5.98. The van der Waals surface area contributed by atoms with Gasteiger partial charge in [0, 0.05) is 12.7 Å². The van der Waals surface area contributed by atoms with Crippen molar-refractivity contribution in [2.24, 2.45) is 0 Å². The van der Waals surface area contributed by atoms with Crippen LogP contribution in [0.5, 0.6) is 11.5 Å². The molecule has 0 aliphatic carbocycles. The zero-order valence-corrected chi connectivity index (χ0v) is 13.3. The smallest absolute Gasteiger partial charge is 0.248 e. The van der Waals surface area contributed by atoms with E-state index in [9.17, 15) is 4.79 Å². The number of benzene rings is 2. The summed E-state index contributed by atoms with van der Waals surface area (Å²) in [5.74, 6) is 1.35. The number of para-hydroxylation sites is 2.